The highest BCUT2D eigenvalue weighted by atomic mass is 16.5. The molecular formula is C17H23N3O. The molecule has 4 heteroatoms. The number of hydrogen-bond acceptors (Lipinski definition) is 4. The van der Waals surface area contributed by atoms with Crippen molar-refractivity contribution in [3.8, 4) is 11.8 Å². The lowest BCUT2D eigenvalue weighted by molar-refractivity contribution is 0.208. The van der Waals surface area contributed by atoms with E-state index in [4.69, 9.17) is 10.00 Å². The maximum absolute atomic E-state index is 9.10. The molecule has 3 unspecified atom stereocenters. The SMILES string of the molecule is CCC1C2CNCC2CN1Cc1cc(C#N)ccc1OC. The van der Waals surface area contributed by atoms with E-state index >= 15 is 0 Å². The van der Waals surface area contributed by atoms with E-state index in [0.29, 0.717) is 11.6 Å². The zero-order chi connectivity index (χ0) is 14.8. The second kappa shape index (κ2) is 6.05. The van der Waals surface area contributed by atoms with Crippen LogP contribution in [-0.2, 0) is 6.54 Å². The molecule has 1 aromatic carbocycles. The second-order valence-electron chi connectivity index (χ2n) is 6.13. The monoisotopic (exact) mass is 285 g/mol. The third-order valence-corrected chi connectivity index (χ3v) is 5.03. The lowest BCUT2D eigenvalue weighted by Crippen LogP contribution is -2.34. The van der Waals surface area contributed by atoms with Crippen LogP contribution in [0.15, 0.2) is 18.2 Å². The molecule has 2 heterocycles. The Labute approximate surface area is 126 Å². The maximum Gasteiger partial charge on any atom is 0.123 e. The molecule has 2 aliphatic rings. The van der Waals surface area contributed by atoms with Crippen molar-refractivity contribution < 1.29 is 4.74 Å². The van der Waals surface area contributed by atoms with Crippen LogP contribution in [-0.4, -0.2) is 37.7 Å². The molecule has 112 valence electrons. The molecule has 0 radical (unpaired) electrons. The minimum atomic E-state index is 0.639. The van der Waals surface area contributed by atoms with Crippen molar-refractivity contribution in [2.24, 2.45) is 11.8 Å². The van der Waals surface area contributed by atoms with E-state index in [1.165, 1.54) is 6.42 Å². The van der Waals surface area contributed by atoms with Crippen LogP contribution in [0.1, 0.15) is 24.5 Å². The van der Waals surface area contributed by atoms with E-state index in [-0.39, 0.29) is 0 Å². The van der Waals surface area contributed by atoms with Crippen LogP contribution in [0.5, 0.6) is 5.75 Å². The van der Waals surface area contributed by atoms with E-state index in [1.807, 2.05) is 18.2 Å². The summed E-state index contributed by atoms with van der Waals surface area (Å²) in [4.78, 5) is 2.58. The third-order valence-electron chi connectivity index (χ3n) is 5.03. The minimum absolute atomic E-state index is 0.639. The summed E-state index contributed by atoms with van der Waals surface area (Å²) in [5.74, 6) is 2.44. The first-order valence-electron chi connectivity index (χ1n) is 7.78. The first kappa shape index (κ1) is 14.4. The zero-order valence-corrected chi connectivity index (χ0v) is 12.8. The number of methoxy groups -OCH3 is 1. The van der Waals surface area contributed by atoms with Gasteiger partial charge in [0, 0.05) is 24.7 Å². The lowest BCUT2D eigenvalue weighted by atomic mass is 9.93. The first-order chi connectivity index (χ1) is 10.3. The molecule has 0 aromatic heterocycles. The Balaban J connectivity index is 1.81. The van der Waals surface area contributed by atoms with E-state index in [1.54, 1.807) is 7.11 Å². The van der Waals surface area contributed by atoms with Gasteiger partial charge in [-0.15, -0.1) is 0 Å². The van der Waals surface area contributed by atoms with Crippen molar-refractivity contribution in [2.75, 3.05) is 26.7 Å². The molecule has 2 aliphatic heterocycles. The lowest BCUT2D eigenvalue weighted by Gasteiger charge is -2.27. The average molecular weight is 285 g/mol. The highest BCUT2D eigenvalue weighted by Crippen LogP contribution is 2.36. The number of benzene rings is 1. The van der Waals surface area contributed by atoms with Gasteiger partial charge in [0.05, 0.1) is 18.7 Å². The summed E-state index contributed by atoms with van der Waals surface area (Å²) in [5.41, 5.74) is 1.84. The molecule has 3 atom stereocenters. The molecular weight excluding hydrogens is 262 g/mol. The van der Waals surface area contributed by atoms with E-state index in [9.17, 15) is 0 Å². The normalized spacial score (nSPS) is 28.3. The van der Waals surface area contributed by atoms with Gasteiger partial charge in [0.1, 0.15) is 5.75 Å². The predicted octanol–water partition coefficient (Wildman–Crippen LogP) is 2.00. The molecule has 0 spiro atoms. The van der Waals surface area contributed by atoms with Crippen LogP contribution in [0.25, 0.3) is 0 Å². The largest absolute Gasteiger partial charge is 0.496 e. The van der Waals surface area contributed by atoms with Crippen molar-refractivity contribution in [1.29, 1.82) is 5.26 Å². The van der Waals surface area contributed by atoms with Gasteiger partial charge in [-0.1, -0.05) is 6.92 Å². The summed E-state index contributed by atoms with van der Waals surface area (Å²) in [6.07, 6.45) is 1.18. The summed E-state index contributed by atoms with van der Waals surface area (Å²) >= 11 is 0. The number of nitrogens with one attached hydrogen (secondary N) is 1. The number of likely N-dealkylation sites (tertiary alicyclic amines) is 1. The minimum Gasteiger partial charge on any atom is -0.496 e. The Hall–Kier alpha value is -1.57. The number of rotatable bonds is 4. The fraction of sp³-hybridized carbons (Fsp3) is 0.588. The number of nitriles is 1. The standard InChI is InChI=1S/C17H23N3O/c1-3-16-15-9-19-8-14(15)11-20(16)10-13-6-12(7-18)4-5-17(13)21-2/h4-6,14-16,19H,3,8-11H2,1-2H3. The van der Waals surface area contributed by atoms with Crippen molar-refractivity contribution in [1.82, 2.24) is 10.2 Å². The molecule has 0 saturated carbocycles. The molecule has 2 saturated heterocycles. The molecule has 4 nitrogen and oxygen atoms in total. The quantitative estimate of drug-likeness (QED) is 0.919. The molecule has 1 aromatic rings. The Kier molecular flexibility index (Phi) is 4.14. The summed E-state index contributed by atoms with van der Waals surface area (Å²) in [6.45, 7) is 6.60. The van der Waals surface area contributed by atoms with Crippen LogP contribution < -0.4 is 10.1 Å². The zero-order valence-electron chi connectivity index (χ0n) is 12.8. The van der Waals surface area contributed by atoms with Crippen molar-refractivity contribution in [3.63, 3.8) is 0 Å². The van der Waals surface area contributed by atoms with Gasteiger partial charge in [0.2, 0.25) is 0 Å². The van der Waals surface area contributed by atoms with E-state index in [2.05, 4.69) is 23.2 Å². The Morgan fingerprint density at radius 1 is 1.43 bits per heavy atom. The van der Waals surface area contributed by atoms with E-state index < -0.39 is 0 Å². The van der Waals surface area contributed by atoms with Crippen molar-refractivity contribution >= 4 is 0 Å². The topological polar surface area (TPSA) is 48.3 Å². The van der Waals surface area contributed by atoms with Gasteiger partial charge in [-0.3, -0.25) is 4.90 Å². The van der Waals surface area contributed by atoms with Gasteiger partial charge >= 0.3 is 0 Å². The third kappa shape index (κ3) is 2.64. The summed E-state index contributed by atoms with van der Waals surface area (Å²) in [7, 11) is 1.70. The van der Waals surface area contributed by atoms with Crippen LogP contribution in [0, 0.1) is 23.2 Å². The molecule has 1 N–H and O–H groups in total. The van der Waals surface area contributed by atoms with Gasteiger partial charge < -0.3 is 10.1 Å². The van der Waals surface area contributed by atoms with Crippen molar-refractivity contribution in [2.45, 2.75) is 25.9 Å². The first-order valence-corrected chi connectivity index (χ1v) is 7.78. The summed E-state index contributed by atoms with van der Waals surface area (Å²) < 4.78 is 5.47. The maximum atomic E-state index is 9.10. The molecule has 0 amide bonds. The van der Waals surface area contributed by atoms with Crippen LogP contribution in [0.2, 0.25) is 0 Å². The van der Waals surface area contributed by atoms with Crippen LogP contribution in [0.3, 0.4) is 0 Å². The fourth-order valence-corrected chi connectivity index (χ4v) is 4.04. The van der Waals surface area contributed by atoms with E-state index in [0.717, 1.165) is 49.3 Å². The Morgan fingerprint density at radius 3 is 3.00 bits per heavy atom. The van der Waals surface area contributed by atoms with Crippen LogP contribution in [0.4, 0.5) is 0 Å². The highest BCUT2D eigenvalue weighted by molar-refractivity contribution is 5.42. The van der Waals surface area contributed by atoms with Crippen molar-refractivity contribution in [3.05, 3.63) is 29.3 Å². The average Bonchev–Trinajstić information content (AvgIpc) is 3.07. The smallest absolute Gasteiger partial charge is 0.123 e. The predicted molar refractivity (Wildman–Crippen MR) is 82.0 cm³/mol. The number of fused-ring (bicyclic) bond motifs is 1. The Morgan fingerprint density at radius 2 is 2.29 bits per heavy atom. The molecule has 0 bridgehead atoms. The van der Waals surface area contributed by atoms with Gasteiger partial charge in [-0.2, -0.15) is 5.26 Å². The van der Waals surface area contributed by atoms with Crippen LogP contribution >= 0.6 is 0 Å². The molecule has 0 aliphatic carbocycles. The highest BCUT2D eigenvalue weighted by Gasteiger charge is 2.43. The summed E-state index contributed by atoms with van der Waals surface area (Å²) in [6, 6.07) is 8.57. The molecule has 21 heavy (non-hydrogen) atoms. The number of ether oxygens (including phenoxy) is 1. The fourth-order valence-electron chi connectivity index (χ4n) is 4.04. The second-order valence-corrected chi connectivity index (χ2v) is 6.13. The Bertz CT molecular complexity index is 551. The van der Waals surface area contributed by atoms with Gasteiger partial charge in [0.25, 0.3) is 0 Å². The van der Waals surface area contributed by atoms with Gasteiger partial charge in [0.15, 0.2) is 0 Å². The summed E-state index contributed by atoms with van der Waals surface area (Å²) in [5, 5.41) is 12.6. The molecule has 2 fully saturated rings. The number of hydrogen-bond donors (Lipinski definition) is 1. The van der Waals surface area contributed by atoms with Gasteiger partial charge in [-0.25, -0.2) is 0 Å². The molecule has 3 rings (SSSR count). The van der Waals surface area contributed by atoms with Gasteiger partial charge in [-0.05, 0) is 49.5 Å². The number of nitrogens with zero attached hydrogens (tertiary/aromatic N) is 2.